The van der Waals surface area contributed by atoms with Gasteiger partial charge in [-0.1, -0.05) is 73.2 Å². The molecule has 0 saturated heterocycles. The van der Waals surface area contributed by atoms with Crippen LogP contribution in [-0.2, 0) is 13.0 Å². The lowest BCUT2D eigenvalue weighted by atomic mass is 10.0. The van der Waals surface area contributed by atoms with E-state index >= 15 is 0 Å². The van der Waals surface area contributed by atoms with E-state index in [4.69, 9.17) is 0 Å². The molecule has 2 amide bonds. The first kappa shape index (κ1) is 20.1. The van der Waals surface area contributed by atoms with Crippen molar-refractivity contribution in [3.8, 4) is 5.69 Å². The van der Waals surface area contributed by atoms with Gasteiger partial charge in [0.2, 0.25) is 0 Å². The normalized spacial score (nSPS) is 14.9. The molecule has 3 aromatic carbocycles. The average molecular weight is 422 g/mol. The molecule has 1 aliphatic rings. The van der Waals surface area contributed by atoms with Crippen molar-refractivity contribution in [2.45, 2.75) is 32.9 Å². The van der Waals surface area contributed by atoms with Crippen molar-refractivity contribution in [2.24, 2.45) is 0 Å². The number of nitrogens with zero attached hydrogens (tertiary/aromatic N) is 2. The third kappa shape index (κ3) is 3.58. The highest BCUT2D eigenvalue weighted by Crippen LogP contribution is 2.37. The summed E-state index contributed by atoms with van der Waals surface area (Å²) in [5.74, 6) is 0. The Kier molecular flexibility index (Phi) is 5.28. The Morgan fingerprint density at radius 2 is 1.69 bits per heavy atom. The molecule has 0 fully saturated rings. The Morgan fingerprint density at radius 3 is 2.50 bits per heavy atom. The van der Waals surface area contributed by atoms with Crippen LogP contribution in [0.25, 0.3) is 5.69 Å². The van der Waals surface area contributed by atoms with Crippen LogP contribution < -0.4 is 5.32 Å². The molecule has 2 heterocycles. The molecule has 4 aromatic rings. The minimum Gasteiger partial charge on any atom is -0.318 e. The van der Waals surface area contributed by atoms with Gasteiger partial charge in [-0.15, -0.1) is 0 Å². The van der Waals surface area contributed by atoms with E-state index in [1.54, 1.807) is 0 Å². The summed E-state index contributed by atoms with van der Waals surface area (Å²) in [7, 11) is 0. The zero-order chi connectivity index (χ0) is 22.1. The van der Waals surface area contributed by atoms with Crippen molar-refractivity contribution in [2.75, 3.05) is 5.32 Å². The highest BCUT2D eigenvalue weighted by molar-refractivity contribution is 5.91. The van der Waals surface area contributed by atoms with Gasteiger partial charge in [-0.2, -0.15) is 0 Å². The van der Waals surface area contributed by atoms with Crippen molar-refractivity contribution < 1.29 is 4.79 Å². The Balaban J connectivity index is 1.63. The summed E-state index contributed by atoms with van der Waals surface area (Å²) in [5, 5.41) is 3.20. The molecule has 1 unspecified atom stereocenters. The van der Waals surface area contributed by atoms with Gasteiger partial charge in [-0.25, -0.2) is 4.79 Å². The molecule has 5 rings (SSSR count). The number of hydrogen-bond donors (Lipinski definition) is 1. The predicted molar refractivity (Wildman–Crippen MR) is 129 cm³/mol. The second kappa shape index (κ2) is 8.39. The average Bonchev–Trinajstić information content (AvgIpc) is 3.24. The van der Waals surface area contributed by atoms with Gasteiger partial charge in [0.15, 0.2) is 0 Å². The molecule has 160 valence electrons. The lowest BCUT2D eigenvalue weighted by Gasteiger charge is -2.31. The molecular weight excluding hydrogens is 394 g/mol. The van der Waals surface area contributed by atoms with Gasteiger partial charge in [0.25, 0.3) is 0 Å². The third-order valence-electron chi connectivity index (χ3n) is 6.26. The van der Waals surface area contributed by atoms with E-state index in [1.807, 2.05) is 29.2 Å². The Morgan fingerprint density at radius 1 is 0.938 bits per heavy atom. The molecule has 32 heavy (non-hydrogen) atoms. The van der Waals surface area contributed by atoms with Crippen LogP contribution in [0.2, 0.25) is 0 Å². The topological polar surface area (TPSA) is 37.3 Å². The van der Waals surface area contributed by atoms with Crippen molar-refractivity contribution in [1.82, 2.24) is 9.47 Å². The predicted octanol–water partition coefficient (Wildman–Crippen LogP) is 6.49. The summed E-state index contributed by atoms with van der Waals surface area (Å²) < 4.78 is 2.22. The van der Waals surface area contributed by atoms with E-state index in [1.165, 1.54) is 5.56 Å². The number of hydrogen-bond acceptors (Lipinski definition) is 1. The number of fused-ring (bicyclic) bond motifs is 3. The molecule has 1 N–H and O–H groups in total. The summed E-state index contributed by atoms with van der Waals surface area (Å²) in [6.45, 7) is 4.72. The first-order valence-corrected chi connectivity index (χ1v) is 11.1. The fourth-order valence-electron chi connectivity index (χ4n) is 4.58. The van der Waals surface area contributed by atoms with Gasteiger partial charge in [0, 0.05) is 17.6 Å². The number of aromatic nitrogens is 1. The summed E-state index contributed by atoms with van der Waals surface area (Å²) in [5.41, 5.74) is 7.63. The fraction of sp³-hybridized carbons (Fsp3) is 0.179. The van der Waals surface area contributed by atoms with Crippen LogP contribution in [0.15, 0.2) is 91.1 Å². The molecule has 1 atom stereocenters. The maximum atomic E-state index is 13.8. The number of amides is 2. The van der Waals surface area contributed by atoms with Gasteiger partial charge in [-0.05, 0) is 54.3 Å². The molecule has 0 spiro atoms. The smallest absolute Gasteiger partial charge is 0.318 e. The van der Waals surface area contributed by atoms with Crippen LogP contribution in [0.3, 0.4) is 0 Å². The SMILES string of the molecule is CCc1ccccc1NC(=O)N1Cc2ccccc2-n2cccc2C1c1ccc(C)cc1. The quantitative estimate of drug-likeness (QED) is 0.404. The van der Waals surface area contributed by atoms with E-state index in [9.17, 15) is 4.79 Å². The first-order valence-electron chi connectivity index (χ1n) is 11.1. The van der Waals surface area contributed by atoms with Crippen LogP contribution in [0.1, 0.15) is 40.9 Å². The maximum Gasteiger partial charge on any atom is 0.322 e. The number of nitrogens with one attached hydrogen (secondary N) is 1. The van der Waals surface area contributed by atoms with Gasteiger partial charge < -0.3 is 14.8 Å². The molecule has 4 nitrogen and oxygen atoms in total. The van der Waals surface area contributed by atoms with Crippen LogP contribution in [0.4, 0.5) is 10.5 Å². The summed E-state index contributed by atoms with van der Waals surface area (Å²) >= 11 is 0. The lowest BCUT2D eigenvalue weighted by molar-refractivity contribution is 0.194. The summed E-state index contributed by atoms with van der Waals surface area (Å²) in [4.78, 5) is 15.7. The van der Waals surface area contributed by atoms with Crippen molar-refractivity contribution in [3.05, 3.63) is 119 Å². The molecule has 1 aromatic heterocycles. The zero-order valence-corrected chi connectivity index (χ0v) is 18.5. The van der Waals surface area contributed by atoms with Crippen LogP contribution in [0, 0.1) is 6.92 Å². The number of rotatable bonds is 3. The standard InChI is InChI=1S/C28H27N3O/c1-3-21-9-4-6-11-24(21)29-28(32)31-19-23-10-5-7-12-25(23)30-18-8-13-26(30)27(31)22-16-14-20(2)15-17-22/h4-18,27H,3,19H2,1-2H3,(H,29,32). The Hall–Kier alpha value is -3.79. The van der Waals surface area contributed by atoms with E-state index < -0.39 is 0 Å². The molecule has 0 saturated carbocycles. The largest absolute Gasteiger partial charge is 0.322 e. The number of carbonyl (C=O) groups excluding carboxylic acids is 1. The first-order chi connectivity index (χ1) is 15.7. The third-order valence-corrected chi connectivity index (χ3v) is 6.26. The molecular formula is C28H27N3O. The molecule has 0 radical (unpaired) electrons. The number of anilines is 1. The van der Waals surface area contributed by atoms with Gasteiger partial charge in [-0.3, -0.25) is 0 Å². The van der Waals surface area contributed by atoms with E-state index in [-0.39, 0.29) is 12.1 Å². The van der Waals surface area contributed by atoms with Gasteiger partial charge in [0.1, 0.15) is 0 Å². The number of para-hydroxylation sites is 2. The number of urea groups is 1. The lowest BCUT2D eigenvalue weighted by Crippen LogP contribution is -2.38. The van der Waals surface area contributed by atoms with E-state index in [0.717, 1.165) is 40.2 Å². The summed E-state index contributed by atoms with van der Waals surface area (Å²) in [6, 6.07) is 28.7. The molecule has 0 aliphatic carbocycles. The second-order valence-corrected chi connectivity index (χ2v) is 8.31. The van der Waals surface area contributed by atoms with E-state index in [0.29, 0.717) is 6.54 Å². The summed E-state index contributed by atoms with van der Waals surface area (Å²) in [6.07, 6.45) is 2.95. The van der Waals surface area contributed by atoms with Crippen molar-refractivity contribution in [3.63, 3.8) is 0 Å². The van der Waals surface area contributed by atoms with Crippen molar-refractivity contribution in [1.29, 1.82) is 0 Å². The highest BCUT2D eigenvalue weighted by atomic mass is 16.2. The van der Waals surface area contributed by atoms with Crippen LogP contribution in [-0.4, -0.2) is 15.5 Å². The highest BCUT2D eigenvalue weighted by Gasteiger charge is 2.33. The zero-order valence-electron chi connectivity index (χ0n) is 18.5. The molecule has 1 aliphatic heterocycles. The van der Waals surface area contributed by atoms with Gasteiger partial charge in [0.05, 0.1) is 18.3 Å². The minimum atomic E-state index is -0.202. The van der Waals surface area contributed by atoms with Crippen LogP contribution in [0.5, 0.6) is 0 Å². The molecule has 4 heteroatoms. The van der Waals surface area contributed by atoms with Gasteiger partial charge >= 0.3 is 6.03 Å². The minimum absolute atomic E-state index is 0.0964. The van der Waals surface area contributed by atoms with Crippen LogP contribution >= 0.6 is 0 Å². The Bertz CT molecular complexity index is 1260. The number of aryl methyl sites for hydroxylation is 2. The maximum absolute atomic E-state index is 13.8. The van der Waals surface area contributed by atoms with E-state index in [2.05, 4.69) is 90.6 Å². The number of benzene rings is 3. The Labute approximate surface area is 189 Å². The number of carbonyl (C=O) groups is 1. The fourth-order valence-corrected chi connectivity index (χ4v) is 4.58. The monoisotopic (exact) mass is 421 g/mol. The second-order valence-electron chi connectivity index (χ2n) is 8.31. The van der Waals surface area contributed by atoms with Crippen molar-refractivity contribution >= 4 is 11.7 Å². The molecule has 0 bridgehead atoms.